The Morgan fingerprint density at radius 3 is 2.20 bits per heavy atom. The third kappa shape index (κ3) is 10.8. The van der Waals surface area contributed by atoms with Gasteiger partial charge in [-0.15, -0.1) is 0 Å². The highest BCUT2D eigenvalue weighted by Gasteiger charge is 2.31. The summed E-state index contributed by atoms with van der Waals surface area (Å²) in [5.41, 5.74) is 3.85. The highest BCUT2D eigenvalue weighted by Crippen LogP contribution is 2.36. The molecule has 0 atom stereocenters. The molecule has 2 heterocycles. The summed E-state index contributed by atoms with van der Waals surface area (Å²) < 4.78 is 30.8. The van der Waals surface area contributed by atoms with Crippen LogP contribution >= 0.6 is 15.9 Å². The van der Waals surface area contributed by atoms with Gasteiger partial charge in [-0.1, -0.05) is 15.9 Å². The van der Waals surface area contributed by atoms with E-state index in [0.717, 1.165) is 71.3 Å². The van der Waals surface area contributed by atoms with Crippen LogP contribution in [0.5, 0.6) is 0 Å². The van der Waals surface area contributed by atoms with Crippen LogP contribution in [-0.4, -0.2) is 100 Å². The van der Waals surface area contributed by atoms with E-state index in [1.54, 1.807) is 6.20 Å². The molecule has 4 rings (SSSR count). The van der Waals surface area contributed by atoms with Crippen LogP contribution in [0.25, 0.3) is 11.0 Å². The van der Waals surface area contributed by atoms with E-state index in [9.17, 15) is 4.79 Å². The first kappa shape index (κ1) is 34.3. The van der Waals surface area contributed by atoms with E-state index < -0.39 is 0 Å². The zero-order valence-electron chi connectivity index (χ0n) is 26.0. The van der Waals surface area contributed by atoms with Crippen LogP contribution in [0.4, 0.5) is 11.4 Å². The van der Waals surface area contributed by atoms with E-state index in [4.69, 9.17) is 28.7 Å². The maximum Gasteiger partial charge on any atom is 0.214 e. The Morgan fingerprint density at radius 1 is 0.909 bits per heavy atom. The van der Waals surface area contributed by atoms with Gasteiger partial charge in [0, 0.05) is 43.5 Å². The number of amides is 1. The lowest BCUT2D eigenvalue weighted by Gasteiger charge is -2.26. The number of halogens is 1. The van der Waals surface area contributed by atoms with E-state index in [2.05, 4.69) is 48.6 Å². The zero-order chi connectivity index (χ0) is 31.0. The fraction of sp³-hybridized carbons (Fsp3) is 0.594. The summed E-state index contributed by atoms with van der Waals surface area (Å²) >= 11 is 3.58. The first-order valence-corrected chi connectivity index (χ1v) is 16.3. The highest BCUT2D eigenvalue weighted by molar-refractivity contribution is 9.10. The number of rotatable bonds is 24. The number of hydrogen-bond acceptors (Lipinski definition) is 9. The molecule has 2 aromatic heterocycles. The molecule has 1 aromatic carbocycles. The number of imidazole rings is 1. The summed E-state index contributed by atoms with van der Waals surface area (Å²) in [5, 5.41) is 0. The Bertz CT molecular complexity index is 1270. The van der Waals surface area contributed by atoms with Crippen molar-refractivity contribution in [3.8, 4) is 0 Å². The summed E-state index contributed by atoms with van der Waals surface area (Å²) in [4.78, 5) is 25.2. The van der Waals surface area contributed by atoms with Crippen molar-refractivity contribution in [2.45, 2.75) is 51.7 Å². The molecule has 1 saturated carbocycles. The second-order valence-electron chi connectivity index (χ2n) is 10.6. The number of ether oxygens (including phenoxy) is 5. The largest absolute Gasteiger partial charge is 0.379 e. The van der Waals surface area contributed by atoms with Crippen molar-refractivity contribution in [2.75, 3.05) is 82.9 Å². The van der Waals surface area contributed by atoms with E-state index in [1.165, 1.54) is 0 Å². The minimum absolute atomic E-state index is 0.276. The summed E-state index contributed by atoms with van der Waals surface area (Å²) in [7, 11) is 2.03. The van der Waals surface area contributed by atoms with Crippen LogP contribution in [0.2, 0.25) is 0 Å². The average molecular weight is 677 g/mol. The quantitative estimate of drug-likeness (QED) is 0.0976. The van der Waals surface area contributed by atoms with Crippen molar-refractivity contribution in [2.24, 2.45) is 0 Å². The molecular weight excluding hydrogens is 630 g/mol. The number of pyridine rings is 1. The number of hydrogen-bond donors (Lipinski definition) is 0. The molecule has 0 N–H and O–H groups in total. The molecule has 0 aliphatic heterocycles. The monoisotopic (exact) mass is 675 g/mol. The van der Waals surface area contributed by atoms with Gasteiger partial charge >= 0.3 is 0 Å². The van der Waals surface area contributed by atoms with Gasteiger partial charge in [0.2, 0.25) is 6.41 Å². The van der Waals surface area contributed by atoms with Crippen molar-refractivity contribution < 1.29 is 28.5 Å². The van der Waals surface area contributed by atoms with E-state index >= 15 is 0 Å². The number of aryl methyl sites for hydroxylation is 1. The van der Waals surface area contributed by atoms with Gasteiger partial charge in [-0.25, -0.2) is 4.98 Å². The van der Waals surface area contributed by atoms with Crippen molar-refractivity contribution in [3.63, 3.8) is 0 Å². The lowest BCUT2D eigenvalue weighted by molar-refractivity contribution is -0.107. The molecule has 12 heteroatoms. The lowest BCUT2D eigenvalue weighted by Crippen LogP contribution is -2.27. The molecule has 1 aliphatic carbocycles. The van der Waals surface area contributed by atoms with Crippen LogP contribution in [0.15, 0.2) is 41.1 Å². The Hall–Kier alpha value is -2.61. The SMILES string of the molecule is CCOCCOCCOCCOCCOCCCCn1c(CN(C)c2cnccc2N(C=O)C2CC2)nc2cc(Br)ccc21. The zero-order valence-corrected chi connectivity index (χ0v) is 27.6. The molecule has 242 valence electrons. The van der Waals surface area contributed by atoms with E-state index in [-0.39, 0.29) is 6.04 Å². The Kier molecular flexibility index (Phi) is 14.8. The predicted octanol–water partition coefficient (Wildman–Crippen LogP) is 4.84. The molecule has 1 fully saturated rings. The highest BCUT2D eigenvalue weighted by atomic mass is 79.9. The standard InChI is InChI=1S/C32H46BrN5O6/c1-3-40-14-15-42-18-19-44-21-20-43-17-16-41-13-5-4-12-37-29-9-6-26(33)22-28(29)35-32(37)24-36(2)31-23-34-11-10-30(31)38(25-39)27-7-8-27/h6,9-11,22-23,25,27H,3-5,7-8,12-21,24H2,1-2H3. The maximum atomic E-state index is 11.9. The first-order valence-electron chi connectivity index (χ1n) is 15.5. The number of fused-ring (bicyclic) bond motifs is 1. The first-order chi connectivity index (χ1) is 21.6. The Morgan fingerprint density at radius 2 is 1.57 bits per heavy atom. The van der Waals surface area contributed by atoms with Gasteiger partial charge in [0.05, 0.1) is 88.0 Å². The van der Waals surface area contributed by atoms with Gasteiger partial charge in [0.15, 0.2) is 0 Å². The average Bonchev–Trinajstić information content (AvgIpc) is 3.81. The number of aromatic nitrogens is 3. The molecular formula is C32H46BrN5O6. The van der Waals surface area contributed by atoms with Gasteiger partial charge in [-0.3, -0.25) is 9.78 Å². The van der Waals surface area contributed by atoms with Crippen molar-refractivity contribution in [1.82, 2.24) is 14.5 Å². The normalized spacial score (nSPS) is 13.1. The minimum atomic E-state index is 0.276. The van der Waals surface area contributed by atoms with Crippen LogP contribution in [0.3, 0.4) is 0 Å². The molecule has 1 aliphatic rings. The number of nitrogens with zero attached hydrogens (tertiary/aromatic N) is 5. The van der Waals surface area contributed by atoms with Crippen molar-refractivity contribution in [1.29, 1.82) is 0 Å². The van der Waals surface area contributed by atoms with Crippen molar-refractivity contribution in [3.05, 3.63) is 47.0 Å². The second-order valence-corrected chi connectivity index (χ2v) is 11.5. The molecule has 11 nitrogen and oxygen atoms in total. The molecule has 44 heavy (non-hydrogen) atoms. The number of unbranched alkanes of at least 4 members (excludes halogenated alkanes) is 1. The molecule has 0 spiro atoms. The van der Waals surface area contributed by atoms with Gasteiger partial charge < -0.3 is 38.1 Å². The van der Waals surface area contributed by atoms with Crippen LogP contribution in [0.1, 0.15) is 38.4 Å². The minimum Gasteiger partial charge on any atom is -0.379 e. The predicted molar refractivity (Wildman–Crippen MR) is 174 cm³/mol. The van der Waals surface area contributed by atoms with Crippen molar-refractivity contribution >= 4 is 44.7 Å². The fourth-order valence-corrected chi connectivity index (χ4v) is 5.25. The third-order valence-corrected chi connectivity index (χ3v) is 7.79. The summed E-state index contributed by atoms with van der Waals surface area (Å²) in [5.74, 6) is 0.966. The maximum absolute atomic E-state index is 11.9. The number of benzene rings is 1. The fourth-order valence-electron chi connectivity index (χ4n) is 4.90. The number of carbonyl (C=O) groups excluding carboxylic acids is 1. The topological polar surface area (TPSA) is 100 Å². The van der Waals surface area contributed by atoms with E-state index in [0.29, 0.717) is 72.6 Å². The Balaban J connectivity index is 1.19. The second kappa shape index (κ2) is 19.0. The van der Waals surface area contributed by atoms with Crippen LogP contribution < -0.4 is 9.80 Å². The molecule has 0 saturated heterocycles. The number of anilines is 2. The molecule has 0 unspecified atom stereocenters. The van der Waals surface area contributed by atoms with Gasteiger partial charge in [-0.2, -0.15) is 0 Å². The molecule has 0 radical (unpaired) electrons. The summed E-state index contributed by atoms with van der Waals surface area (Å²) in [6.07, 6.45) is 8.46. The Labute approximate surface area is 268 Å². The van der Waals surface area contributed by atoms with Crippen LogP contribution in [0, 0.1) is 0 Å². The summed E-state index contributed by atoms with van der Waals surface area (Å²) in [6.45, 7) is 9.28. The molecule has 1 amide bonds. The van der Waals surface area contributed by atoms with Gasteiger partial charge in [0.25, 0.3) is 0 Å². The summed E-state index contributed by atoms with van der Waals surface area (Å²) in [6, 6.07) is 8.41. The van der Waals surface area contributed by atoms with E-state index in [1.807, 2.05) is 31.1 Å². The lowest BCUT2D eigenvalue weighted by atomic mass is 10.2. The molecule has 0 bridgehead atoms. The smallest absolute Gasteiger partial charge is 0.214 e. The third-order valence-electron chi connectivity index (χ3n) is 7.30. The number of carbonyl (C=O) groups is 1. The van der Waals surface area contributed by atoms with Gasteiger partial charge in [0.1, 0.15) is 5.82 Å². The van der Waals surface area contributed by atoms with Gasteiger partial charge in [-0.05, 0) is 56.9 Å². The molecule has 3 aromatic rings. The van der Waals surface area contributed by atoms with Crippen LogP contribution in [-0.2, 0) is 41.6 Å².